The molecule has 1 saturated carbocycles. The van der Waals surface area contributed by atoms with E-state index in [-0.39, 0.29) is 5.91 Å². The molecule has 1 aliphatic carbocycles. The van der Waals surface area contributed by atoms with Crippen LogP contribution in [-0.4, -0.2) is 18.5 Å². The number of para-hydroxylation sites is 1. The molecule has 0 aliphatic heterocycles. The Morgan fingerprint density at radius 3 is 2.75 bits per heavy atom. The maximum atomic E-state index is 11.6. The molecule has 16 heavy (non-hydrogen) atoms. The fourth-order valence-corrected chi connectivity index (χ4v) is 1.74. The van der Waals surface area contributed by atoms with Gasteiger partial charge >= 0.3 is 0 Å². The summed E-state index contributed by atoms with van der Waals surface area (Å²) in [6.45, 7) is 4.59. The summed E-state index contributed by atoms with van der Waals surface area (Å²) in [5.41, 5.74) is 1.99. The lowest BCUT2D eigenvalue weighted by molar-refractivity contribution is -0.115. The maximum Gasteiger partial charge on any atom is 0.238 e. The van der Waals surface area contributed by atoms with Crippen molar-refractivity contribution < 1.29 is 4.79 Å². The lowest BCUT2D eigenvalue weighted by Crippen LogP contribution is -2.30. The standard InChI is InChI=1S/C13H18N2O/c1-9-5-3-4-6-11(9)15-13(16)8-14-12-7-10(12)2/h3-6,10,12,14H,7-8H2,1-2H3,(H,15,16). The van der Waals surface area contributed by atoms with Gasteiger partial charge in [-0.1, -0.05) is 25.1 Å². The van der Waals surface area contributed by atoms with E-state index in [1.165, 1.54) is 6.42 Å². The van der Waals surface area contributed by atoms with E-state index in [9.17, 15) is 4.79 Å². The Kier molecular flexibility index (Phi) is 3.25. The summed E-state index contributed by atoms with van der Waals surface area (Å²) in [5.74, 6) is 0.764. The van der Waals surface area contributed by atoms with E-state index in [0.29, 0.717) is 12.6 Å². The summed E-state index contributed by atoms with van der Waals surface area (Å²) >= 11 is 0. The van der Waals surface area contributed by atoms with Crippen LogP contribution in [0.2, 0.25) is 0 Å². The second-order valence-corrected chi connectivity index (χ2v) is 4.56. The number of carbonyl (C=O) groups excluding carboxylic acids is 1. The number of benzene rings is 1. The van der Waals surface area contributed by atoms with E-state index < -0.39 is 0 Å². The van der Waals surface area contributed by atoms with Crippen LogP contribution in [0.15, 0.2) is 24.3 Å². The van der Waals surface area contributed by atoms with Crippen LogP contribution in [0.4, 0.5) is 5.69 Å². The molecule has 0 spiro atoms. The molecule has 2 N–H and O–H groups in total. The van der Waals surface area contributed by atoms with Gasteiger partial charge in [-0.25, -0.2) is 0 Å². The molecule has 1 aromatic carbocycles. The Bertz CT molecular complexity index is 389. The largest absolute Gasteiger partial charge is 0.325 e. The van der Waals surface area contributed by atoms with Crippen molar-refractivity contribution in [3.63, 3.8) is 0 Å². The maximum absolute atomic E-state index is 11.6. The SMILES string of the molecule is Cc1ccccc1NC(=O)CNC1CC1C. The summed E-state index contributed by atoms with van der Waals surface area (Å²) in [4.78, 5) is 11.6. The van der Waals surface area contributed by atoms with Crippen molar-refractivity contribution in [1.29, 1.82) is 0 Å². The van der Waals surface area contributed by atoms with Crippen molar-refractivity contribution in [2.75, 3.05) is 11.9 Å². The minimum atomic E-state index is 0.0356. The molecular formula is C13H18N2O. The normalized spacial score (nSPS) is 22.9. The number of rotatable bonds is 4. The predicted molar refractivity (Wildman–Crippen MR) is 65.4 cm³/mol. The zero-order valence-electron chi connectivity index (χ0n) is 9.79. The molecule has 2 atom stereocenters. The van der Waals surface area contributed by atoms with Gasteiger partial charge in [0.1, 0.15) is 0 Å². The first kappa shape index (κ1) is 11.1. The van der Waals surface area contributed by atoms with Gasteiger partial charge in [-0.15, -0.1) is 0 Å². The van der Waals surface area contributed by atoms with E-state index in [1.807, 2.05) is 31.2 Å². The molecule has 0 bridgehead atoms. The molecule has 1 aliphatic rings. The number of hydrogen-bond donors (Lipinski definition) is 2. The molecule has 0 heterocycles. The molecular weight excluding hydrogens is 200 g/mol. The highest BCUT2D eigenvalue weighted by molar-refractivity contribution is 5.92. The van der Waals surface area contributed by atoms with Crippen molar-refractivity contribution in [2.45, 2.75) is 26.3 Å². The average Bonchev–Trinajstić information content (AvgIpc) is 2.95. The van der Waals surface area contributed by atoms with E-state index in [2.05, 4.69) is 17.6 Å². The third-order valence-electron chi connectivity index (χ3n) is 3.05. The molecule has 3 heteroatoms. The molecule has 2 rings (SSSR count). The first-order chi connectivity index (χ1) is 7.66. The molecule has 3 nitrogen and oxygen atoms in total. The highest BCUT2D eigenvalue weighted by atomic mass is 16.1. The number of hydrogen-bond acceptors (Lipinski definition) is 2. The van der Waals surface area contributed by atoms with Gasteiger partial charge in [-0.05, 0) is 30.9 Å². The zero-order chi connectivity index (χ0) is 11.5. The van der Waals surface area contributed by atoms with Crippen LogP contribution in [0.25, 0.3) is 0 Å². The Labute approximate surface area is 96.2 Å². The molecule has 1 aromatic rings. The monoisotopic (exact) mass is 218 g/mol. The molecule has 2 unspecified atom stereocenters. The number of aryl methyl sites for hydroxylation is 1. The van der Waals surface area contributed by atoms with E-state index in [1.54, 1.807) is 0 Å². The summed E-state index contributed by atoms with van der Waals surface area (Å²) in [6, 6.07) is 8.36. The quantitative estimate of drug-likeness (QED) is 0.810. The van der Waals surface area contributed by atoms with Gasteiger partial charge in [0.2, 0.25) is 5.91 Å². The number of anilines is 1. The lowest BCUT2D eigenvalue weighted by Gasteiger charge is -2.08. The van der Waals surface area contributed by atoms with Crippen LogP contribution in [0.5, 0.6) is 0 Å². The highest BCUT2D eigenvalue weighted by Crippen LogP contribution is 2.28. The van der Waals surface area contributed by atoms with Crippen LogP contribution in [-0.2, 0) is 4.79 Å². The van der Waals surface area contributed by atoms with Crippen LogP contribution >= 0.6 is 0 Å². The van der Waals surface area contributed by atoms with Crippen LogP contribution < -0.4 is 10.6 Å². The topological polar surface area (TPSA) is 41.1 Å². The number of nitrogens with one attached hydrogen (secondary N) is 2. The fourth-order valence-electron chi connectivity index (χ4n) is 1.74. The summed E-state index contributed by atoms with van der Waals surface area (Å²) in [5, 5.41) is 6.14. The van der Waals surface area contributed by atoms with E-state index >= 15 is 0 Å². The number of amides is 1. The van der Waals surface area contributed by atoms with Gasteiger partial charge in [-0.3, -0.25) is 4.79 Å². The smallest absolute Gasteiger partial charge is 0.238 e. The van der Waals surface area contributed by atoms with Crippen LogP contribution in [0, 0.1) is 12.8 Å². The third kappa shape index (κ3) is 2.83. The van der Waals surface area contributed by atoms with Gasteiger partial charge in [0.15, 0.2) is 0 Å². The van der Waals surface area contributed by atoms with E-state index in [0.717, 1.165) is 17.2 Å². The van der Waals surface area contributed by atoms with Gasteiger partial charge in [0, 0.05) is 11.7 Å². The predicted octanol–water partition coefficient (Wildman–Crippen LogP) is 1.93. The zero-order valence-corrected chi connectivity index (χ0v) is 9.79. The minimum absolute atomic E-state index is 0.0356. The molecule has 0 radical (unpaired) electrons. The molecule has 0 saturated heterocycles. The van der Waals surface area contributed by atoms with Gasteiger partial charge < -0.3 is 10.6 Å². The highest BCUT2D eigenvalue weighted by Gasteiger charge is 2.32. The average molecular weight is 218 g/mol. The number of carbonyl (C=O) groups is 1. The Morgan fingerprint density at radius 2 is 2.12 bits per heavy atom. The van der Waals surface area contributed by atoms with Crippen LogP contribution in [0.1, 0.15) is 18.9 Å². The minimum Gasteiger partial charge on any atom is -0.325 e. The van der Waals surface area contributed by atoms with Crippen molar-refractivity contribution in [3.8, 4) is 0 Å². The van der Waals surface area contributed by atoms with Crippen molar-refractivity contribution in [3.05, 3.63) is 29.8 Å². The molecule has 86 valence electrons. The van der Waals surface area contributed by atoms with Crippen molar-refractivity contribution in [1.82, 2.24) is 5.32 Å². The van der Waals surface area contributed by atoms with Gasteiger partial charge in [0.25, 0.3) is 0 Å². The Hall–Kier alpha value is -1.35. The second kappa shape index (κ2) is 4.66. The van der Waals surface area contributed by atoms with Crippen molar-refractivity contribution >= 4 is 11.6 Å². The van der Waals surface area contributed by atoms with Crippen molar-refractivity contribution in [2.24, 2.45) is 5.92 Å². The summed E-state index contributed by atoms with van der Waals surface area (Å²) in [7, 11) is 0. The first-order valence-electron chi connectivity index (χ1n) is 5.75. The fraction of sp³-hybridized carbons (Fsp3) is 0.462. The van der Waals surface area contributed by atoms with Gasteiger partial charge in [-0.2, -0.15) is 0 Å². The Morgan fingerprint density at radius 1 is 1.44 bits per heavy atom. The Balaban J connectivity index is 1.80. The molecule has 1 fully saturated rings. The van der Waals surface area contributed by atoms with Crippen LogP contribution in [0.3, 0.4) is 0 Å². The molecule has 0 aromatic heterocycles. The lowest BCUT2D eigenvalue weighted by atomic mass is 10.2. The third-order valence-corrected chi connectivity index (χ3v) is 3.05. The molecule has 1 amide bonds. The summed E-state index contributed by atoms with van der Waals surface area (Å²) in [6.07, 6.45) is 1.19. The van der Waals surface area contributed by atoms with Gasteiger partial charge in [0.05, 0.1) is 6.54 Å². The van der Waals surface area contributed by atoms with E-state index in [4.69, 9.17) is 0 Å². The summed E-state index contributed by atoms with van der Waals surface area (Å²) < 4.78 is 0. The first-order valence-corrected chi connectivity index (χ1v) is 5.75. The second-order valence-electron chi connectivity index (χ2n) is 4.56.